The Morgan fingerprint density at radius 3 is 1.50 bits per heavy atom. The van der Waals surface area contributed by atoms with Gasteiger partial charge in [0.2, 0.25) is 0 Å². The van der Waals surface area contributed by atoms with Gasteiger partial charge in [0.1, 0.15) is 0 Å². The number of halogens is 1. The van der Waals surface area contributed by atoms with Crippen LogP contribution in [0.1, 0.15) is 96.8 Å². The summed E-state index contributed by atoms with van der Waals surface area (Å²) in [6.45, 7) is 2.26. The van der Waals surface area contributed by atoms with Gasteiger partial charge < -0.3 is 4.74 Å². The number of carbonyl (C=O) groups excluding carboxylic acids is 2. The zero-order chi connectivity index (χ0) is 16.5. The van der Waals surface area contributed by atoms with Crippen molar-refractivity contribution in [2.24, 2.45) is 0 Å². The van der Waals surface area contributed by atoms with Crippen molar-refractivity contribution >= 4 is 34.5 Å². The highest BCUT2D eigenvalue weighted by Crippen LogP contribution is 2.13. The molecule has 0 radical (unpaired) electrons. The summed E-state index contributed by atoms with van der Waals surface area (Å²) in [7, 11) is 0. The molecule has 0 spiro atoms. The first kappa shape index (κ1) is 21.9. The third kappa shape index (κ3) is 16.2. The van der Waals surface area contributed by atoms with Crippen molar-refractivity contribution in [3.05, 3.63) is 0 Å². The van der Waals surface area contributed by atoms with E-state index in [0.717, 1.165) is 12.8 Å². The summed E-state index contributed by atoms with van der Waals surface area (Å²) in [6, 6.07) is 0. The van der Waals surface area contributed by atoms with Gasteiger partial charge in [0.15, 0.2) is 0 Å². The zero-order valence-electron chi connectivity index (χ0n) is 14.2. The van der Waals surface area contributed by atoms with E-state index in [1.165, 1.54) is 70.6 Å². The number of hydrogen-bond acceptors (Lipinski definition) is 3. The lowest BCUT2D eigenvalue weighted by atomic mass is 10.0. The van der Waals surface area contributed by atoms with Crippen LogP contribution in [0.4, 0.5) is 0 Å². The van der Waals surface area contributed by atoms with Gasteiger partial charge in [-0.1, -0.05) is 107 Å². The summed E-state index contributed by atoms with van der Waals surface area (Å²) >= 11 is 1.90. The maximum absolute atomic E-state index is 11.3. The van der Waals surface area contributed by atoms with Crippen molar-refractivity contribution in [3.63, 3.8) is 0 Å². The van der Waals surface area contributed by atoms with Gasteiger partial charge in [-0.25, -0.2) is 0 Å². The van der Waals surface area contributed by atoms with Crippen LogP contribution < -0.4 is 0 Å². The Morgan fingerprint density at radius 1 is 0.682 bits per heavy atom. The minimum absolute atomic E-state index is 0.238. The van der Waals surface area contributed by atoms with Crippen LogP contribution in [0.3, 0.4) is 0 Å². The van der Waals surface area contributed by atoms with E-state index in [9.17, 15) is 9.59 Å². The molecule has 0 bridgehead atoms. The molecule has 0 aromatic rings. The summed E-state index contributed by atoms with van der Waals surface area (Å²) in [4.78, 5) is 22.2. The summed E-state index contributed by atoms with van der Waals surface area (Å²) in [5.41, 5.74) is 0. The molecule has 0 fully saturated rings. The molecular weight excluding hydrogens is 391 g/mol. The molecule has 0 atom stereocenters. The van der Waals surface area contributed by atoms with Crippen molar-refractivity contribution < 1.29 is 14.3 Å². The number of alkyl halides is 1. The second-order valence-corrected chi connectivity index (χ2v) is 6.74. The van der Waals surface area contributed by atoms with Crippen molar-refractivity contribution in [2.45, 2.75) is 96.8 Å². The Bertz CT molecular complexity index is 280. The molecule has 0 heterocycles. The quantitative estimate of drug-likeness (QED) is 0.107. The normalized spacial score (nSPS) is 10.6. The Kier molecular flexibility index (Phi) is 17.1. The number of hydrogen-bond donors (Lipinski definition) is 0. The highest BCUT2D eigenvalue weighted by Gasteiger charge is 2.07. The standard InChI is InChI=1S/C18H33IO3/c1-2-3-4-5-6-7-8-9-10-11-12-13-14-15-17(20)22-18(21)16-19/h2-16H2,1H3. The Labute approximate surface area is 150 Å². The Hall–Kier alpha value is -0.130. The van der Waals surface area contributed by atoms with Gasteiger partial charge in [-0.2, -0.15) is 0 Å². The molecule has 0 aromatic carbocycles. The Morgan fingerprint density at radius 2 is 1.09 bits per heavy atom. The number of ether oxygens (including phenoxy) is 1. The first-order valence-electron chi connectivity index (χ1n) is 9.00. The molecule has 3 nitrogen and oxygen atoms in total. The molecule has 4 heteroatoms. The van der Waals surface area contributed by atoms with Crippen LogP contribution in [0, 0.1) is 0 Å². The molecular formula is C18H33IO3. The number of rotatable bonds is 15. The van der Waals surface area contributed by atoms with Gasteiger partial charge in [-0.3, -0.25) is 9.59 Å². The van der Waals surface area contributed by atoms with Gasteiger partial charge in [-0.05, 0) is 6.42 Å². The van der Waals surface area contributed by atoms with E-state index in [-0.39, 0.29) is 10.4 Å². The van der Waals surface area contributed by atoms with E-state index >= 15 is 0 Å². The largest absolute Gasteiger partial charge is 0.393 e. The Balaban J connectivity index is 3.14. The smallest absolute Gasteiger partial charge is 0.323 e. The molecule has 0 aliphatic carbocycles. The minimum Gasteiger partial charge on any atom is -0.393 e. The molecule has 0 aliphatic rings. The van der Waals surface area contributed by atoms with Crippen molar-refractivity contribution in [3.8, 4) is 0 Å². The van der Waals surface area contributed by atoms with Crippen LogP contribution in [0.15, 0.2) is 0 Å². The van der Waals surface area contributed by atoms with Gasteiger partial charge in [-0.15, -0.1) is 0 Å². The highest BCUT2D eigenvalue weighted by atomic mass is 127. The molecule has 0 saturated carbocycles. The van der Waals surface area contributed by atoms with E-state index in [1.54, 1.807) is 0 Å². The van der Waals surface area contributed by atoms with E-state index in [2.05, 4.69) is 11.7 Å². The van der Waals surface area contributed by atoms with Gasteiger partial charge in [0.25, 0.3) is 0 Å². The first-order valence-corrected chi connectivity index (χ1v) is 10.5. The predicted octanol–water partition coefficient (Wildman–Crippen LogP) is 5.97. The molecule has 0 unspecified atom stereocenters. The van der Waals surface area contributed by atoms with Crippen LogP contribution in [-0.2, 0) is 14.3 Å². The van der Waals surface area contributed by atoms with Crippen molar-refractivity contribution in [1.29, 1.82) is 0 Å². The predicted molar refractivity (Wildman–Crippen MR) is 100 cm³/mol. The fraction of sp³-hybridized carbons (Fsp3) is 0.889. The summed E-state index contributed by atoms with van der Waals surface area (Å²) in [5.74, 6) is -0.801. The summed E-state index contributed by atoms with van der Waals surface area (Å²) in [6.07, 6.45) is 17.1. The van der Waals surface area contributed by atoms with E-state index in [1.807, 2.05) is 22.6 Å². The minimum atomic E-state index is -0.430. The van der Waals surface area contributed by atoms with Crippen LogP contribution in [-0.4, -0.2) is 16.4 Å². The molecule has 0 aliphatic heterocycles. The molecule has 0 aromatic heterocycles. The molecule has 0 amide bonds. The highest BCUT2D eigenvalue weighted by molar-refractivity contribution is 14.1. The fourth-order valence-corrected chi connectivity index (χ4v) is 2.65. The van der Waals surface area contributed by atoms with Gasteiger partial charge in [0, 0.05) is 6.42 Å². The second-order valence-electron chi connectivity index (χ2n) is 5.97. The maximum Gasteiger partial charge on any atom is 0.323 e. The van der Waals surface area contributed by atoms with Crippen molar-refractivity contribution in [2.75, 3.05) is 4.43 Å². The summed E-state index contributed by atoms with van der Waals surface area (Å²) in [5, 5.41) is 0. The lowest BCUT2D eigenvalue weighted by molar-refractivity contribution is -0.157. The first-order chi connectivity index (χ1) is 10.7. The second kappa shape index (κ2) is 17.2. The van der Waals surface area contributed by atoms with E-state index in [0.29, 0.717) is 6.42 Å². The fourth-order valence-electron chi connectivity index (χ4n) is 2.49. The van der Waals surface area contributed by atoms with E-state index < -0.39 is 5.97 Å². The molecule has 22 heavy (non-hydrogen) atoms. The number of carbonyl (C=O) groups is 2. The van der Waals surface area contributed by atoms with Gasteiger partial charge >= 0.3 is 11.9 Å². The van der Waals surface area contributed by atoms with Crippen LogP contribution in [0.25, 0.3) is 0 Å². The maximum atomic E-state index is 11.3. The number of esters is 2. The monoisotopic (exact) mass is 424 g/mol. The van der Waals surface area contributed by atoms with Crippen LogP contribution >= 0.6 is 22.6 Å². The van der Waals surface area contributed by atoms with Crippen LogP contribution in [0.2, 0.25) is 0 Å². The summed E-state index contributed by atoms with van der Waals surface area (Å²) < 4.78 is 4.86. The third-order valence-electron chi connectivity index (χ3n) is 3.82. The van der Waals surface area contributed by atoms with Crippen molar-refractivity contribution in [1.82, 2.24) is 0 Å². The lowest BCUT2D eigenvalue weighted by Crippen LogP contribution is -2.12. The third-order valence-corrected chi connectivity index (χ3v) is 4.44. The average molecular weight is 424 g/mol. The number of unbranched alkanes of at least 4 members (excludes halogenated alkanes) is 12. The molecule has 0 N–H and O–H groups in total. The molecule has 0 saturated heterocycles. The van der Waals surface area contributed by atoms with E-state index in [4.69, 9.17) is 0 Å². The lowest BCUT2D eigenvalue weighted by Gasteiger charge is -2.03. The topological polar surface area (TPSA) is 43.4 Å². The van der Waals surface area contributed by atoms with Crippen LogP contribution in [0.5, 0.6) is 0 Å². The molecule has 130 valence electrons. The average Bonchev–Trinajstić information content (AvgIpc) is 2.51. The SMILES string of the molecule is CCCCCCCCCCCCCCCC(=O)OC(=O)CI. The van der Waals surface area contributed by atoms with Gasteiger partial charge in [0.05, 0.1) is 4.43 Å². The zero-order valence-corrected chi connectivity index (χ0v) is 16.4. The molecule has 0 rings (SSSR count).